The van der Waals surface area contributed by atoms with E-state index in [4.69, 9.17) is 42.8 Å². The van der Waals surface area contributed by atoms with E-state index in [1.165, 1.54) is 41.8 Å². The first-order chi connectivity index (χ1) is 13.1. The molecule has 0 aromatic carbocycles. The van der Waals surface area contributed by atoms with Crippen molar-refractivity contribution in [1.29, 1.82) is 0 Å². The van der Waals surface area contributed by atoms with Crippen LogP contribution in [0.1, 0.15) is 0 Å². The standard InChI is InChI=1S/C9H18Cl2N2.2C2H5O5P/c10-1-3-12-5-7-13(9-12,4-2-11)8-6-12;2*3-2(4)1-8(5,6)7/h1-9H2;2*1H2,(H,3,4)(H2,5,6,7)/q+2;;/p-2. The summed E-state index contributed by atoms with van der Waals surface area (Å²) in [6.45, 7) is 8.90. The minimum absolute atomic E-state index is 0.806. The number of halogens is 2. The summed E-state index contributed by atoms with van der Waals surface area (Å²) in [6, 6.07) is 0. The molecule has 0 aliphatic carbocycles. The number of carbonyl (C=O) groups excluding carboxylic acids is 2. The number of hydrogen-bond donors (Lipinski definition) is 4. The summed E-state index contributed by atoms with van der Waals surface area (Å²) in [5.41, 5.74) is 0. The Morgan fingerprint density at radius 2 is 1.03 bits per heavy atom. The highest BCUT2D eigenvalue weighted by Crippen LogP contribution is 2.33. The number of rotatable bonds is 8. The molecule has 4 N–H and O–H groups in total. The molecule has 12 nitrogen and oxygen atoms in total. The Morgan fingerprint density at radius 3 is 1.17 bits per heavy atom. The quantitative estimate of drug-likeness (QED) is 0.150. The zero-order valence-corrected chi connectivity index (χ0v) is 18.9. The molecule has 2 aliphatic rings. The number of hydrogen-bond acceptors (Lipinski definition) is 6. The van der Waals surface area contributed by atoms with Crippen LogP contribution in [0.4, 0.5) is 0 Å². The molecule has 0 aromatic heterocycles. The van der Waals surface area contributed by atoms with E-state index in [9.17, 15) is 28.9 Å². The third kappa shape index (κ3) is 12.9. The monoisotopic (exact) mass is 502 g/mol. The number of aliphatic carboxylic acids is 2. The lowest BCUT2D eigenvalue weighted by Gasteiger charge is -2.26. The van der Waals surface area contributed by atoms with E-state index in [0.717, 1.165) is 24.8 Å². The molecule has 2 rings (SSSR count). The Hall–Kier alpha value is -0.260. The average Bonchev–Trinajstić information content (AvgIpc) is 2.99. The average molecular weight is 503 g/mol. The SMILES string of the molecule is ClCC[N+]12CC[N+](CCCl)(CC1)C2.O=C([O-])CP(=O)(O)O.O=C([O-])CP(=O)(O)O. The van der Waals surface area contributed by atoms with Crippen LogP contribution in [-0.2, 0) is 18.7 Å². The molecule has 2 fully saturated rings. The van der Waals surface area contributed by atoms with Crippen molar-refractivity contribution in [1.82, 2.24) is 0 Å². The molecule has 0 aromatic rings. The Kier molecular flexibility index (Phi) is 11.8. The van der Waals surface area contributed by atoms with Gasteiger partial charge in [-0.3, -0.25) is 18.1 Å². The Morgan fingerprint density at radius 1 is 0.759 bits per heavy atom. The number of carbonyl (C=O) groups is 2. The van der Waals surface area contributed by atoms with E-state index in [-0.39, 0.29) is 0 Å². The lowest BCUT2D eigenvalue weighted by atomic mass is 10.3. The number of nitrogens with zero attached hydrogens (tertiary/aromatic N) is 2. The fraction of sp³-hybridized carbons (Fsp3) is 0.846. The zero-order valence-electron chi connectivity index (χ0n) is 15.6. The first-order valence-electron chi connectivity index (χ1n) is 8.39. The van der Waals surface area contributed by atoms with Crippen molar-refractivity contribution in [2.24, 2.45) is 0 Å². The molecule has 2 bridgehead atoms. The Labute approximate surface area is 178 Å². The number of carboxylic acids is 2. The first-order valence-corrected chi connectivity index (χ1v) is 13.0. The Balaban J connectivity index is 0.000000432. The third-order valence-corrected chi connectivity index (χ3v) is 6.16. The largest absolute Gasteiger partial charge is 0.549 e. The van der Waals surface area contributed by atoms with Gasteiger partial charge in [0.2, 0.25) is 6.67 Å². The highest BCUT2D eigenvalue weighted by molar-refractivity contribution is 7.53. The number of piperazine rings is 1. The van der Waals surface area contributed by atoms with Crippen LogP contribution in [0.2, 0.25) is 0 Å². The summed E-state index contributed by atoms with van der Waals surface area (Å²) in [7, 11) is -8.77. The molecule has 0 spiro atoms. The van der Waals surface area contributed by atoms with Crippen molar-refractivity contribution in [3.63, 3.8) is 0 Å². The van der Waals surface area contributed by atoms with Crippen molar-refractivity contribution in [3.8, 4) is 0 Å². The molecule has 0 radical (unpaired) electrons. The molecule has 2 saturated heterocycles. The van der Waals surface area contributed by atoms with Crippen LogP contribution in [0.15, 0.2) is 0 Å². The zero-order chi connectivity index (χ0) is 22.9. The maximum Gasteiger partial charge on any atom is 0.331 e. The number of carboxylic acid groups (broad SMARTS) is 2. The summed E-state index contributed by atoms with van der Waals surface area (Å²) in [6.07, 6.45) is -2.40. The molecule has 0 saturated carbocycles. The van der Waals surface area contributed by atoms with E-state index >= 15 is 0 Å². The van der Waals surface area contributed by atoms with Gasteiger partial charge in [0.05, 0.1) is 49.1 Å². The molecular weight excluding hydrogens is 477 g/mol. The van der Waals surface area contributed by atoms with E-state index in [2.05, 4.69) is 0 Å². The smallest absolute Gasteiger partial charge is 0.331 e. The van der Waals surface area contributed by atoms with Gasteiger partial charge < -0.3 is 39.4 Å². The van der Waals surface area contributed by atoms with Crippen LogP contribution in [0, 0.1) is 0 Å². The van der Waals surface area contributed by atoms with Crippen LogP contribution in [0.5, 0.6) is 0 Å². The first kappa shape index (κ1) is 28.7. The Bertz CT molecular complexity index is 592. The van der Waals surface area contributed by atoms with Crippen molar-refractivity contribution in [2.75, 3.05) is 70.0 Å². The van der Waals surface area contributed by atoms with E-state index in [1.54, 1.807) is 0 Å². The third-order valence-electron chi connectivity index (χ3n) is 4.49. The second-order valence-corrected chi connectivity index (χ2v) is 11.0. The van der Waals surface area contributed by atoms with Crippen molar-refractivity contribution in [2.45, 2.75) is 0 Å². The minimum Gasteiger partial charge on any atom is -0.549 e. The van der Waals surface area contributed by atoms with Crippen molar-refractivity contribution < 1.29 is 57.5 Å². The highest BCUT2D eigenvalue weighted by atomic mass is 35.5. The molecule has 172 valence electrons. The van der Waals surface area contributed by atoms with Gasteiger partial charge in [-0.25, -0.2) is 0 Å². The van der Waals surface area contributed by atoms with Crippen molar-refractivity contribution >= 4 is 50.3 Å². The fourth-order valence-electron chi connectivity index (χ4n) is 3.27. The van der Waals surface area contributed by atoms with E-state index in [1.807, 2.05) is 0 Å². The molecule has 0 unspecified atom stereocenters. The van der Waals surface area contributed by atoms with Gasteiger partial charge in [-0.15, -0.1) is 23.2 Å². The lowest BCUT2D eigenvalue weighted by Crippen LogP contribution is -2.48. The molecule has 2 heterocycles. The van der Waals surface area contributed by atoms with Crippen LogP contribution in [-0.4, -0.2) is 110 Å². The van der Waals surface area contributed by atoms with Gasteiger partial charge in [-0.2, -0.15) is 0 Å². The maximum absolute atomic E-state index is 9.72. The lowest BCUT2D eigenvalue weighted by molar-refractivity contribution is -0.985. The van der Waals surface area contributed by atoms with Crippen LogP contribution in [0.25, 0.3) is 0 Å². The summed E-state index contributed by atoms with van der Waals surface area (Å²) < 4.78 is 22.0. The van der Waals surface area contributed by atoms with Gasteiger partial charge in [-0.05, 0) is 0 Å². The summed E-state index contributed by atoms with van der Waals surface area (Å²) >= 11 is 11.7. The van der Waals surface area contributed by atoms with Gasteiger partial charge in [-0.1, -0.05) is 0 Å². The second-order valence-electron chi connectivity index (χ2n) is 6.93. The number of alkyl halides is 2. The van der Waals surface area contributed by atoms with Gasteiger partial charge >= 0.3 is 15.2 Å². The molecule has 2 aliphatic heterocycles. The molecule has 0 atom stereocenters. The summed E-state index contributed by atoms with van der Waals surface area (Å²) in [5.74, 6) is -1.86. The van der Waals surface area contributed by atoms with Gasteiger partial charge in [0, 0.05) is 0 Å². The van der Waals surface area contributed by atoms with Gasteiger partial charge in [0.15, 0.2) is 0 Å². The highest BCUT2D eigenvalue weighted by Gasteiger charge is 2.54. The van der Waals surface area contributed by atoms with Crippen LogP contribution >= 0.6 is 38.4 Å². The minimum atomic E-state index is -4.38. The van der Waals surface area contributed by atoms with E-state index < -0.39 is 39.5 Å². The molecule has 0 amide bonds. The van der Waals surface area contributed by atoms with Gasteiger partial charge in [0.25, 0.3) is 0 Å². The number of fused-ring (bicyclic) bond motifs is 2. The molecule has 16 heteroatoms. The fourth-order valence-corrected chi connectivity index (χ4v) is 4.66. The van der Waals surface area contributed by atoms with Crippen molar-refractivity contribution in [3.05, 3.63) is 0 Å². The predicted molar refractivity (Wildman–Crippen MR) is 99.9 cm³/mol. The number of quaternary nitrogens is 2. The van der Waals surface area contributed by atoms with Gasteiger partial charge in [0.1, 0.15) is 26.2 Å². The normalized spacial score (nSPS) is 25.4. The second kappa shape index (κ2) is 12.0. The van der Waals surface area contributed by atoms with E-state index in [0.29, 0.717) is 0 Å². The van der Waals surface area contributed by atoms with Crippen LogP contribution in [0.3, 0.4) is 0 Å². The summed E-state index contributed by atoms with van der Waals surface area (Å²) in [5, 5.41) is 18.8. The molecular formula is C13H26Cl2N2O10P2. The molecule has 29 heavy (non-hydrogen) atoms. The topological polar surface area (TPSA) is 195 Å². The summed E-state index contributed by atoms with van der Waals surface area (Å²) in [4.78, 5) is 50.3. The predicted octanol–water partition coefficient (Wildman–Crippen LogP) is -3.09. The maximum atomic E-state index is 9.72. The van der Waals surface area contributed by atoms with Crippen LogP contribution < -0.4 is 10.2 Å².